The Morgan fingerprint density at radius 1 is 0.553 bits per heavy atom. The first-order chi connectivity index (χ1) is 18.7. The number of nitrogens with one attached hydrogen (secondary N) is 1. The van der Waals surface area contributed by atoms with Gasteiger partial charge in [0.05, 0.1) is 5.71 Å². The van der Waals surface area contributed by atoms with Crippen LogP contribution in [0.4, 0.5) is 0 Å². The number of hydrogen-bond donors (Lipinski definition) is 2. The van der Waals surface area contributed by atoms with Crippen molar-refractivity contribution in [1.29, 1.82) is 5.41 Å². The van der Waals surface area contributed by atoms with Crippen LogP contribution in [0.3, 0.4) is 0 Å². The standard InChI is InChI=1S/C21H15N.C13H10S.CH5N/c22-21(19-11-9-15-5-1-3-7-17(15)13-19)20-12-10-16-6-2-4-8-18(16)14-20;1-9-5-4-8-12-13(9)10-6-2-3-7-11(10)14-12;1-2/h1-14,22H;2-8H,1H3;2H2,1H3. The molecule has 0 aliphatic heterocycles. The molecule has 1 heterocycles. The van der Waals surface area contributed by atoms with Gasteiger partial charge < -0.3 is 5.73 Å². The molecule has 0 fully saturated rings. The largest absolute Gasteiger partial charge is 0.333 e. The summed E-state index contributed by atoms with van der Waals surface area (Å²) in [7, 11) is 1.50. The normalized spacial score (nSPS) is 10.6. The highest BCUT2D eigenvalue weighted by atomic mass is 32.1. The molecule has 0 atom stereocenters. The molecule has 0 unspecified atom stereocenters. The summed E-state index contributed by atoms with van der Waals surface area (Å²) in [5, 5.41) is 16.1. The third-order valence-electron chi connectivity index (χ3n) is 6.69. The van der Waals surface area contributed by atoms with Gasteiger partial charge in [0.25, 0.3) is 0 Å². The first-order valence-electron chi connectivity index (χ1n) is 12.7. The summed E-state index contributed by atoms with van der Waals surface area (Å²) in [4.78, 5) is 0. The van der Waals surface area contributed by atoms with Crippen LogP contribution < -0.4 is 5.73 Å². The maximum Gasteiger partial charge on any atom is 0.0684 e. The molecular formula is C35H30N2S. The fraction of sp³-hybridized carbons (Fsp3) is 0.0571. The number of aryl methyl sites for hydroxylation is 1. The zero-order valence-electron chi connectivity index (χ0n) is 21.6. The van der Waals surface area contributed by atoms with Crippen LogP contribution in [0.15, 0.2) is 127 Å². The second kappa shape index (κ2) is 11.4. The average molecular weight is 511 g/mol. The van der Waals surface area contributed by atoms with Crippen molar-refractivity contribution in [2.75, 3.05) is 7.05 Å². The number of thiophene rings is 1. The summed E-state index contributed by atoms with van der Waals surface area (Å²) in [5.74, 6) is 0. The van der Waals surface area contributed by atoms with Gasteiger partial charge in [0.15, 0.2) is 0 Å². The van der Waals surface area contributed by atoms with Crippen molar-refractivity contribution in [2.24, 2.45) is 5.73 Å². The molecule has 3 N–H and O–H groups in total. The van der Waals surface area contributed by atoms with Gasteiger partial charge in [-0.15, -0.1) is 11.3 Å². The van der Waals surface area contributed by atoms with E-state index in [4.69, 9.17) is 5.41 Å². The van der Waals surface area contributed by atoms with Gasteiger partial charge in [0, 0.05) is 31.3 Å². The molecule has 3 heteroatoms. The number of hydrogen-bond acceptors (Lipinski definition) is 3. The van der Waals surface area contributed by atoms with E-state index in [1.54, 1.807) is 0 Å². The molecule has 0 spiro atoms. The molecule has 6 aromatic carbocycles. The Morgan fingerprint density at radius 3 is 1.66 bits per heavy atom. The highest BCUT2D eigenvalue weighted by Gasteiger charge is 2.07. The Kier molecular flexibility index (Phi) is 7.60. The third kappa shape index (κ3) is 5.08. The molecule has 2 nitrogen and oxygen atoms in total. The molecule has 0 amide bonds. The zero-order valence-corrected chi connectivity index (χ0v) is 22.4. The monoisotopic (exact) mass is 510 g/mol. The van der Waals surface area contributed by atoms with E-state index in [1.807, 2.05) is 47.7 Å². The van der Waals surface area contributed by atoms with E-state index in [1.165, 1.54) is 54.3 Å². The number of fused-ring (bicyclic) bond motifs is 5. The Morgan fingerprint density at radius 2 is 1.05 bits per heavy atom. The number of benzene rings is 6. The van der Waals surface area contributed by atoms with Crippen molar-refractivity contribution in [3.05, 3.63) is 144 Å². The molecule has 0 saturated heterocycles. The lowest BCUT2D eigenvalue weighted by molar-refractivity contribution is 1.47. The van der Waals surface area contributed by atoms with Gasteiger partial charge in [-0.25, -0.2) is 0 Å². The second-order valence-corrected chi connectivity index (χ2v) is 10.1. The van der Waals surface area contributed by atoms with Crippen molar-refractivity contribution >= 4 is 58.8 Å². The van der Waals surface area contributed by atoms with Crippen LogP contribution >= 0.6 is 11.3 Å². The molecule has 186 valence electrons. The molecule has 7 rings (SSSR count). The Hall–Kier alpha value is -4.31. The fourth-order valence-electron chi connectivity index (χ4n) is 4.81. The summed E-state index contributed by atoms with van der Waals surface area (Å²) in [5.41, 5.74) is 8.35. The van der Waals surface area contributed by atoms with Gasteiger partial charge in [0.2, 0.25) is 0 Å². The van der Waals surface area contributed by atoms with E-state index < -0.39 is 0 Å². The molecule has 0 aliphatic carbocycles. The molecule has 0 aliphatic rings. The van der Waals surface area contributed by atoms with Gasteiger partial charge >= 0.3 is 0 Å². The zero-order chi connectivity index (χ0) is 26.5. The number of nitrogens with two attached hydrogens (primary N) is 1. The predicted octanol–water partition coefficient (Wildman–Crippen LogP) is 9.35. The van der Waals surface area contributed by atoms with E-state index in [0.29, 0.717) is 5.71 Å². The van der Waals surface area contributed by atoms with Crippen LogP contribution in [-0.2, 0) is 0 Å². The van der Waals surface area contributed by atoms with E-state index in [-0.39, 0.29) is 0 Å². The highest BCUT2D eigenvalue weighted by molar-refractivity contribution is 7.25. The van der Waals surface area contributed by atoms with Crippen LogP contribution in [0.5, 0.6) is 0 Å². The van der Waals surface area contributed by atoms with E-state index in [0.717, 1.165) is 11.1 Å². The quantitative estimate of drug-likeness (QED) is 0.224. The summed E-state index contributed by atoms with van der Waals surface area (Å²) in [6, 6.07) is 44.1. The average Bonchev–Trinajstić information content (AvgIpc) is 3.37. The van der Waals surface area contributed by atoms with Crippen molar-refractivity contribution < 1.29 is 0 Å². The minimum Gasteiger partial charge on any atom is -0.333 e. The van der Waals surface area contributed by atoms with Crippen molar-refractivity contribution in [1.82, 2.24) is 0 Å². The lowest BCUT2D eigenvalue weighted by Crippen LogP contribution is -2.01. The van der Waals surface area contributed by atoms with Crippen LogP contribution in [0.25, 0.3) is 41.7 Å². The Balaban J connectivity index is 0.000000158. The summed E-state index contributed by atoms with van der Waals surface area (Å²) < 4.78 is 2.78. The SMILES string of the molecule is CN.Cc1cccc2sc3ccccc3c12.N=C(c1ccc2ccccc2c1)c1ccc2ccccc2c1. The third-order valence-corrected chi connectivity index (χ3v) is 7.82. The molecule has 0 saturated carbocycles. The van der Waals surface area contributed by atoms with E-state index in [2.05, 4.69) is 104 Å². The summed E-state index contributed by atoms with van der Waals surface area (Å²) >= 11 is 1.88. The smallest absolute Gasteiger partial charge is 0.0684 e. The molecular weight excluding hydrogens is 480 g/mol. The van der Waals surface area contributed by atoms with Gasteiger partial charge in [-0.2, -0.15) is 0 Å². The maximum atomic E-state index is 8.52. The molecule has 0 bridgehead atoms. The first kappa shape index (κ1) is 25.3. The minimum absolute atomic E-state index is 0.566. The minimum atomic E-state index is 0.566. The second-order valence-electron chi connectivity index (χ2n) is 9.05. The van der Waals surface area contributed by atoms with Crippen molar-refractivity contribution in [3.63, 3.8) is 0 Å². The van der Waals surface area contributed by atoms with Gasteiger partial charge in [-0.05, 0) is 65.3 Å². The van der Waals surface area contributed by atoms with Gasteiger partial charge in [-0.3, -0.25) is 5.41 Å². The fourth-order valence-corrected chi connectivity index (χ4v) is 5.99. The summed E-state index contributed by atoms with van der Waals surface area (Å²) in [6.45, 7) is 2.18. The van der Waals surface area contributed by atoms with Crippen molar-refractivity contribution in [3.8, 4) is 0 Å². The van der Waals surface area contributed by atoms with Crippen LogP contribution in [-0.4, -0.2) is 12.8 Å². The van der Waals surface area contributed by atoms with Gasteiger partial charge in [0.1, 0.15) is 0 Å². The molecule has 0 radical (unpaired) electrons. The number of rotatable bonds is 2. The van der Waals surface area contributed by atoms with E-state index in [9.17, 15) is 0 Å². The predicted molar refractivity (Wildman–Crippen MR) is 168 cm³/mol. The highest BCUT2D eigenvalue weighted by Crippen LogP contribution is 2.35. The molecule has 38 heavy (non-hydrogen) atoms. The first-order valence-corrected chi connectivity index (χ1v) is 13.5. The van der Waals surface area contributed by atoms with Crippen LogP contribution in [0.2, 0.25) is 0 Å². The van der Waals surface area contributed by atoms with Crippen LogP contribution in [0.1, 0.15) is 16.7 Å². The topological polar surface area (TPSA) is 49.9 Å². The van der Waals surface area contributed by atoms with Crippen molar-refractivity contribution in [2.45, 2.75) is 6.92 Å². The summed E-state index contributed by atoms with van der Waals surface area (Å²) in [6.07, 6.45) is 0. The molecule has 1 aromatic heterocycles. The van der Waals surface area contributed by atoms with E-state index >= 15 is 0 Å². The lowest BCUT2D eigenvalue weighted by Gasteiger charge is -2.08. The maximum absolute atomic E-state index is 8.52. The van der Waals surface area contributed by atoms with Crippen LogP contribution in [0, 0.1) is 12.3 Å². The Bertz CT molecular complexity index is 1800. The van der Waals surface area contributed by atoms with Gasteiger partial charge in [-0.1, -0.05) is 103 Å². The Labute approximate surface area is 227 Å². The molecule has 7 aromatic rings. The lowest BCUT2D eigenvalue weighted by atomic mass is 9.97.